The molecule has 0 bridgehead atoms. The molecule has 2 aromatic carbocycles. The van der Waals surface area contributed by atoms with Crippen molar-refractivity contribution in [1.82, 2.24) is 0 Å². The number of hydrogen-bond donors (Lipinski definition) is 0. The van der Waals surface area contributed by atoms with Crippen LogP contribution in [-0.2, 0) is 51.2 Å². The Morgan fingerprint density at radius 1 is 0.909 bits per heavy atom. The predicted molar refractivity (Wildman–Crippen MR) is 120 cm³/mol. The fraction of sp³-hybridized carbons (Fsp3) is 0.500. The maximum absolute atomic E-state index is 11.6. The molecule has 0 radical (unpaired) electrons. The molecule has 2 aliphatic heterocycles. The monoisotopic (exact) mass is 478 g/mol. The maximum Gasteiger partial charge on any atom is 0.264 e. The molecule has 0 amide bonds. The summed E-state index contributed by atoms with van der Waals surface area (Å²) in [7, 11) is -3.67. The number of benzene rings is 2. The van der Waals surface area contributed by atoms with Gasteiger partial charge in [-0.2, -0.15) is 8.42 Å². The van der Waals surface area contributed by atoms with Crippen LogP contribution in [-0.4, -0.2) is 57.8 Å². The number of hydrogen-bond acceptors (Lipinski definition) is 8. The first-order valence-corrected chi connectivity index (χ1v) is 12.6. The van der Waals surface area contributed by atoms with E-state index in [9.17, 15) is 8.42 Å². The quantitative estimate of drug-likeness (QED) is 0.482. The molecule has 4 rings (SSSR count). The Bertz CT molecular complexity index is 1010. The Hall–Kier alpha value is -1.85. The molecule has 0 aromatic heterocycles. The van der Waals surface area contributed by atoms with Crippen molar-refractivity contribution in [2.45, 2.75) is 56.9 Å². The molecule has 0 saturated carbocycles. The second-order valence-corrected chi connectivity index (χ2v) is 10.4. The van der Waals surface area contributed by atoms with Gasteiger partial charge in [-0.25, -0.2) is 0 Å². The molecule has 2 aromatic rings. The third-order valence-electron chi connectivity index (χ3n) is 5.42. The van der Waals surface area contributed by atoms with Gasteiger partial charge in [0, 0.05) is 0 Å². The van der Waals surface area contributed by atoms with Crippen molar-refractivity contribution in [1.29, 1.82) is 0 Å². The summed E-state index contributed by atoms with van der Waals surface area (Å²) in [6, 6.07) is 19.4. The van der Waals surface area contributed by atoms with Gasteiger partial charge in [-0.1, -0.05) is 60.7 Å². The molecule has 4 atom stereocenters. The largest absolute Gasteiger partial charge is 0.371 e. The van der Waals surface area contributed by atoms with E-state index < -0.39 is 40.0 Å². The van der Waals surface area contributed by atoms with Crippen molar-refractivity contribution in [3.05, 3.63) is 71.8 Å². The van der Waals surface area contributed by atoms with Crippen LogP contribution in [0.1, 0.15) is 25.0 Å². The lowest BCUT2D eigenvalue weighted by Crippen LogP contribution is -2.45. The minimum absolute atomic E-state index is 0.0799. The normalized spacial score (nSPS) is 28.6. The summed E-state index contributed by atoms with van der Waals surface area (Å²) in [6.07, 6.45) is -1.00. The standard InChI is InChI=1S/C24H30O8S/c1-23(2)31-22-21(28-15-19-12-8-5-9-13-19)20(16-29-33(3,25)26)30-24(22,32-23)17-27-14-18-10-6-4-7-11-18/h4-13,20-22H,14-17H2,1-3H3/t20-,21+,22-,24-/m0/s1. The lowest BCUT2D eigenvalue weighted by molar-refractivity contribution is -0.281. The van der Waals surface area contributed by atoms with Gasteiger partial charge in [0.05, 0.1) is 26.1 Å². The molecule has 2 saturated heterocycles. The minimum Gasteiger partial charge on any atom is -0.371 e. The van der Waals surface area contributed by atoms with Gasteiger partial charge in [0.15, 0.2) is 5.79 Å². The molecule has 8 nitrogen and oxygen atoms in total. The van der Waals surface area contributed by atoms with Crippen molar-refractivity contribution in [2.24, 2.45) is 0 Å². The van der Waals surface area contributed by atoms with E-state index in [1.807, 2.05) is 60.7 Å². The van der Waals surface area contributed by atoms with Crippen LogP contribution in [0.2, 0.25) is 0 Å². The molecule has 33 heavy (non-hydrogen) atoms. The van der Waals surface area contributed by atoms with Crippen molar-refractivity contribution < 1.29 is 36.3 Å². The van der Waals surface area contributed by atoms with Gasteiger partial charge in [0.2, 0.25) is 5.79 Å². The molecule has 2 aliphatic rings. The first-order chi connectivity index (χ1) is 15.7. The first-order valence-electron chi connectivity index (χ1n) is 10.8. The zero-order valence-corrected chi connectivity index (χ0v) is 19.8. The molecule has 0 aliphatic carbocycles. The molecule has 180 valence electrons. The Morgan fingerprint density at radius 3 is 2.12 bits per heavy atom. The Kier molecular flexibility index (Phi) is 7.20. The lowest BCUT2D eigenvalue weighted by Gasteiger charge is -2.28. The summed E-state index contributed by atoms with van der Waals surface area (Å²) in [5.74, 6) is -2.19. The predicted octanol–water partition coefficient (Wildman–Crippen LogP) is 3.01. The van der Waals surface area contributed by atoms with Gasteiger partial charge in [-0.05, 0) is 25.0 Å². The van der Waals surface area contributed by atoms with Gasteiger partial charge < -0.3 is 23.7 Å². The Balaban J connectivity index is 1.52. The topological polar surface area (TPSA) is 89.5 Å². The summed E-state index contributed by atoms with van der Waals surface area (Å²) in [5, 5.41) is 0. The van der Waals surface area contributed by atoms with Crippen LogP contribution in [0, 0.1) is 0 Å². The molecule has 9 heteroatoms. The third kappa shape index (κ3) is 6.19. The molecule has 0 unspecified atom stereocenters. The van der Waals surface area contributed by atoms with Crippen molar-refractivity contribution in [3.63, 3.8) is 0 Å². The second-order valence-electron chi connectivity index (χ2n) is 8.74. The van der Waals surface area contributed by atoms with Crippen molar-refractivity contribution in [3.8, 4) is 0 Å². The van der Waals surface area contributed by atoms with Crippen LogP contribution in [0.25, 0.3) is 0 Å². The van der Waals surface area contributed by atoms with Gasteiger partial charge in [0.1, 0.15) is 24.9 Å². The highest BCUT2D eigenvalue weighted by Gasteiger charge is 2.65. The van der Waals surface area contributed by atoms with E-state index in [0.717, 1.165) is 17.4 Å². The van der Waals surface area contributed by atoms with Crippen LogP contribution < -0.4 is 0 Å². The highest BCUT2D eigenvalue weighted by atomic mass is 32.2. The maximum atomic E-state index is 11.6. The van der Waals surface area contributed by atoms with E-state index in [-0.39, 0.29) is 13.2 Å². The molecule has 2 fully saturated rings. The first kappa shape index (κ1) is 24.3. The van der Waals surface area contributed by atoms with Crippen LogP contribution >= 0.6 is 0 Å². The third-order valence-corrected chi connectivity index (χ3v) is 5.99. The highest BCUT2D eigenvalue weighted by molar-refractivity contribution is 7.85. The van der Waals surface area contributed by atoms with E-state index in [4.69, 9.17) is 27.9 Å². The summed E-state index contributed by atoms with van der Waals surface area (Å²) < 4.78 is 59.1. The number of ether oxygens (including phenoxy) is 5. The minimum atomic E-state index is -3.67. The van der Waals surface area contributed by atoms with E-state index >= 15 is 0 Å². The van der Waals surface area contributed by atoms with E-state index in [2.05, 4.69) is 0 Å². The molecule has 0 N–H and O–H groups in total. The molecule has 0 spiro atoms. The fourth-order valence-electron chi connectivity index (χ4n) is 4.13. The fourth-order valence-corrected chi connectivity index (χ4v) is 4.51. The zero-order valence-electron chi connectivity index (χ0n) is 19.0. The molecule has 2 heterocycles. The van der Waals surface area contributed by atoms with Crippen LogP contribution in [0.5, 0.6) is 0 Å². The Labute approximate surface area is 194 Å². The van der Waals surface area contributed by atoms with Crippen LogP contribution in [0.3, 0.4) is 0 Å². The van der Waals surface area contributed by atoms with Crippen molar-refractivity contribution >= 4 is 10.1 Å². The summed E-state index contributed by atoms with van der Waals surface area (Å²) >= 11 is 0. The number of rotatable bonds is 10. The SMILES string of the molecule is CC1(C)O[C@H]2[C@H](OCc3ccccc3)[C@H](COS(C)(=O)=O)O[C@@]2(COCc2ccccc2)O1. The summed E-state index contributed by atoms with van der Waals surface area (Å²) in [5.41, 5.74) is 1.98. The van der Waals surface area contributed by atoms with Gasteiger partial charge in [-0.3, -0.25) is 4.18 Å². The van der Waals surface area contributed by atoms with Gasteiger partial charge in [-0.15, -0.1) is 0 Å². The van der Waals surface area contributed by atoms with E-state index in [1.54, 1.807) is 13.8 Å². The van der Waals surface area contributed by atoms with Crippen LogP contribution in [0.4, 0.5) is 0 Å². The average molecular weight is 479 g/mol. The lowest BCUT2D eigenvalue weighted by atomic mass is 10.1. The van der Waals surface area contributed by atoms with E-state index in [1.165, 1.54) is 0 Å². The molecular weight excluding hydrogens is 448 g/mol. The summed E-state index contributed by atoms with van der Waals surface area (Å²) in [6.45, 7) is 4.11. The molecular formula is C24H30O8S. The van der Waals surface area contributed by atoms with Crippen LogP contribution in [0.15, 0.2) is 60.7 Å². The number of fused-ring (bicyclic) bond motifs is 1. The van der Waals surface area contributed by atoms with Crippen molar-refractivity contribution in [2.75, 3.05) is 19.5 Å². The highest BCUT2D eigenvalue weighted by Crippen LogP contribution is 2.47. The average Bonchev–Trinajstić information content (AvgIpc) is 3.18. The smallest absolute Gasteiger partial charge is 0.264 e. The van der Waals surface area contributed by atoms with Gasteiger partial charge in [0.25, 0.3) is 10.1 Å². The van der Waals surface area contributed by atoms with E-state index in [0.29, 0.717) is 13.2 Å². The Morgan fingerprint density at radius 2 is 1.52 bits per heavy atom. The zero-order chi connectivity index (χ0) is 23.5. The summed E-state index contributed by atoms with van der Waals surface area (Å²) in [4.78, 5) is 0. The van der Waals surface area contributed by atoms with Gasteiger partial charge >= 0.3 is 0 Å². The second kappa shape index (κ2) is 9.79.